The third-order valence-electron chi connectivity index (χ3n) is 2.40. The van der Waals surface area contributed by atoms with Gasteiger partial charge in [-0.25, -0.2) is 0 Å². The first-order chi connectivity index (χ1) is 7.91. The molecule has 0 aliphatic carbocycles. The zero-order valence-electron chi connectivity index (χ0n) is 9.80. The van der Waals surface area contributed by atoms with Crippen molar-refractivity contribution in [2.45, 2.75) is 32.7 Å². The van der Waals surface area contributed by atoms with Crippen LogP contribution in [0.25, 0.3) is 0 Å². The van der Waals surface area contributed by atoms with Crippen LogP contribution in [0.2, 0.25) is 5.02 Å². The van der Waals surface area contributed by atoms with Gasteiger partial charge in [-0.3, -0.25) is 4.79 Å². The van der Waals surface area contributed by atoms with E-state index < -0.39 is 12.3 Å². The third-order valence-corrected chi connectivity index (χ3v) is 2.63. The van der Waals surface area contributed by atoms with Crippen LogP contribution in [0.15, 0.2) is 24.3 Å². The summed E-state index contributed by atoms with van der Waals surface area (Å²) in [6.45, 7) is 2.98. The number of aliphatic hydroxyl groups excluding tert-OH is 2. The molecule has 94 valence electrons. The molecule has 2 atom stereocenters. The fraction of sp³-hybridized carbons (Fsp3) is 0.417. The summed E-state index contributed by atoms with van der Waals surface area (Å²) < 4.78 is 0. The van der Waals surface area contributed by atoms with Gasteiger partial charge >= 0.3 is 0 Å². The first-order valence-corrected chi connectivity index (χ1v) is 5.67. The van der Waals surface area contributed by atoms with E-state index in [0.29, 0.717) is 5.02 Å². The molecule has 2 N–H and O–H groups in total. The molecule has 0 bridgehead atoms. The lowest BCUT2D eigenvalue weighted by molar-refractivity contribution is -0.148. The molecule has 0 heterocycles. The maximum atomic E-state index is 11.4. The van der Waals surface area contributed by atoms with Crippen LogP contribution in [-0.2, 0) is 11.3 Å². The molecule has 1 aromatic rings. The number of carbonyl (C=O) groups excluding carboxylic acids is 1. The number of nitrogens with zero attached hydrogens (tertiary/aromatic N) is 1. The topological polar surface area (TPSA) is 60.8 Å². The van der Waals surface area contributed by atoms with E-state index in [1.54, 1.807) is 24.3 Å². The average molecular weight is 258 g/mol. The summed E-state index contributed by atoms with van der Waals surface area (Å²) in [5, 5.41) is 19.6. The van der Waals surface area contributed by atoms with E-state index in [4.69, 9.17) is 11.6 Å². The van der Waals surface area contributed by atoms with E-state index in [0.717, 1.165) is 5.56 Å². The Morgan fingerprint density at radius 3 is 2.59 bits per heavy atom. The van der Waals surface area contributed by atoms with Crippen molar-refractivity contribution in [3.05, 3.63) is 34.9 Å². The van der Waals surface area contributed by atoms with Crippen LogP contribution in [0.5, 0.6) is 0 Å². The molecule has 0 aliphatic rings. The van der Waals surface area contributed by atoms with Gasteiger partial charge < -0.3 is 15.1 Å². The molecule has 0 aliphatic heterocycles. The predicted octanol–water partition coefficient (Wildman–Crippen LogP) is 1.39. The second kappa shape index (κ2) is 6.00. The number of rotatable bonds is 4. The third kappa shape index (κ3) is 4.00. The van der Waals surface area contributed by atoms with E-state index in [1.807, 2.05) is 0 Å². The second-order valence-corrected chi connectivity index (χ2v) is 4.37. The Kier molecular flexibility index (Phi) is 4.93. The van der Waals surface area contributed by atoms with Gasteiger partial charge in [0.15, 0.2) is 6.23 Å². The molecule has 0 radical (unpaired) electrons. The lowest BCUT2D eigenvalue weighted by Gasteiger charge is -2.28. The maximum Gasteiger partial charge on any atom is 0.221 e. The van der Waals surface area contributed by atoms with E-state index in [2.05, 4.69) is 0 Å². The highest BCUT2D eigenvalue weighted by atomic mass is 35.5. The zero-order chi connectivity index (χ0) is 13.0. The van der Waals surface area contributed by atoms with Crippen molar-refractivity contribution in [3.63, 3.8) is 0 Å². The number of aliphatic hydroxyl groups is 2. The SMILES string of the molecule is CC(=O)N(Cc1cccc(Cl)c1)C(O)C(C)O. The molecule has 0 fully saturated rings. The van der Waals surface area contributed by atoms with Crippen LogP contribution in [0.4, 0.5) is 0 Å². The van der Waals surface area contributed by atoms with Crippen LogP contribution >= 0.6 is 11.6 Å². The number of amides is 1. The standard InChI is InChI=1S/C12H16ClNO3/c1-8(15)12(17)14(9(2)16)7-10-4-3-5-11(13)6-10/h3-6,8,12,15,17H,7H2,1-2H3. The lowest BCUT2D eigenvalue weighted by atomic mass is 10.2. The minimum Gasteiger partial charge on any atom is -0.389 e. The van der Waals surface area contributed by atoms with Crippen LogP contribution in [-0.4, -0.2) is 33.4 Å². The van der Waals surface area contributed by atoms with E-state index in [1.165, 1.54) is 18.7 Å². The van der Waals surface area contributed by atoms with Gasteiger partial charge in [0.25, 0.3) is 0 Å². The van der Waals surface area contributed by atoms with Gasteiger partial charge in [-0.2, -0.15) is 0 Å². The van der Waals surface area contributed by atoms with Crippen molar-refractivity contribution in [2.75, 3.05) is 0 Å². The average Bonchev–Trinajstić information content (AvgIpc) is 2.24. The van der Waals surface area contributed by atoms with E-state index in [-0.39, 0.29) is 12.5 Å². The maximum absolute atomic E-state index is 11.4. The largest absolute Gasteiger partial charge is 0.389 e. The molecule has 2 unspecified atom stereocenters. The number of halogens is 1. The Labute approximate surface area is 105 Å². The van der Waals surface area contributed by atoms with Crippen LogP contribution in [0, 0.1) is 0 Å². The summed E-state index contributed by atoms with van der Waals surface area (Å²) in [5.74, 6) is -0.307. The Balaban J connectivity index is 2.84. The van der Waals surface area contributed by atoms with Gasteiger partial charge in [0.2, 0.25) is 5.91 Å². The number of hydrogen-bond acceptors (Lipinski definition) is 3. The fourth-order valence-corrected chi connectivity index (χ4v) is 1.70. The minimum atomic E-state index is -1.22. The molecule has 0 saturated heterocycles. The molecule has 4 nitrogen and oxygen atoms in total. The summed E-state index contributed by atoms with van der Waals surface area (Å²) >= 11 is 5.83. The van der Waals surface area contributed by atoms with E-state index in [9.17, 15) is 15.0 Å². The molecule has 0 spiro atoms. The van der Waals surface area contributed by atoms with E-state index >= 15 is 0 Å². The molecule has 1 amide bonds. The van der Waals surface area contributed by atoms with Gasteiger partial charge in [0, 0.05) is 18.5 Å². The zero-order valence-corrected chi connectivity index (χ0v) is 10.6. The monoisotopic (exact) mass is 257 g/mol. The van der Waals surface area contributed by atoms with Gasteiger partial charge in [-0.1, -0.05) is 23.7 Å². The molecule has 1 rings (SSSR count). The quantitative estimate of drug-likeness (QED) is 0.802. The van der Waals surface area contributed by atoms with Crippen LogP contribution in [0.3, 0.4) is 0 Å². The molecule has 5 heteroatoms. The minimum absolute atomic E-state index is 0.210. The van der Waals surface area contributed by atoms with Crippen molar-refractivity contribution in [1.29, 1.82) is 0 Å². The highest BCUT2D eigenvalue weighted by molar-refractivity contribution is 6.30. The van der Waals surface area contributed by atoms with Gasteiger partial charge in [-0.05, 0) is 24.6 Å². The first kappa shape index (κ1) is 14.0. The van der Waals surface area contributed by atoms with Gasteiger partial charge in [0.05, 0.1) is 6.10 Å². The Bertz CT molecular complexity index is 395. The molecular formula is C12H16ClNO3. The molecule has 17 heavy (non-hydrogen) atoms. The van der Waals surface area contributed by atoms with Crippen molar-refractivity contribution in [3.8, 4) is 0 Å². The first-order valence-electron chi connectivity index (χ1n) is 5.29. The number of carbonyl (C=O) groups is 1. The second-order valence-electron chi connectivity index (χ2n) is 3.93. The Morgan fingerprint density at radius 1 is 1.47 bits per heavy atom. The molecule has 1 aromatic carbocycles. The van der Waals surface area contributed by atoms with Crippen LogP contribution in [0.1, 0.15) is 19.4 Å². The smallest absolute Gasteiger partial charge is 0.221 e. The highest BCUT2D eigenvalue weighted by Crippen LogP contribution is 2.14. The normalized spacial score (nSPS) is 14.2. The molecule has 0 saturated carbocycles. The van der Waals surface area contributed by atoms with Crippen molar-refractivity contribution in [1.82, 2.24) is 4.90 Å². The Hall–Kier alpha value is -1.10. The van der Waals surface area contributed by atoms with Crippen molar-refractivity contribution >= 4 is 17.5 Å². The van der Waals surface area contributed by atoms with Gasteiger partial charge in [-0.15, -0.1) is 0 Å². The van der Waals surface area contributed by atoms with Crippen molar-refractivity contribution < 1.29 is 15.0 Å². The lowest BCUT2D eigenvalue weighted by Crippen LogP contribution is -2.44. The number of hydrogen-bond donors (Lipinski definition) is 2. The summed E-state index contributed by atoms with van der Waals surface area (Å²) in [5.41, 5.74) is 0.799. The number of benzene rings is 1. The summed E-state index contributed by atoms with van der Waals surface area (Å²) in [6.07, 6.45) is -2.22. The van der Waals surface area contributed by atoms with Crippen LogP contribution < -0.4 is 0 Å². The fourth-order valence-electron chi connectivity index (χ4n) is 1.48. The molecular weight excluding hydrogens is 242 g/mol. The predicted molar refractivity (Wildman–Crippen MR) is 65.4 cm³/mol. The summed E-state index contributed by atoms with van der Waals surface area (Å²) in [7, 11) is 0. The molecule has 0 aromatic heterocycles. The summed E-state index contributed by atoms with van der Waals surface area (Å²) in [4.78, 5) is 12.6. The van der Waals surface area contributed by atoms with Gasteiger partial charge in [0.1, 0.15) is 0 Å². The summed E-state index contributed by atoms with van der Waals surface area (Å²) in [6, 6.07) is 7.02. The van der Waals surface area contributed by atoms with Crippen molar-refractivity contribution in [2.24, 2.45) is 0 Å². The Morgan fingerprint density at radius 2 is 2.12 bits per heavy atom. The highest BCUT2D eigenvalue weighted by Gasteiger charge is 2.22.